The lowest BCUT2D eigenvalue weighted by molar-refractivity contribution is 1.19. The van der Waals surface area contributed by atoms with Crippen LogP contribution in [-0.4, -0.2) is 8.07 Å². The van der Waals surface area contributed by atoms with Gasteiger partial charge in [-0.25, -0.2) is 0 Å². The van der Waals surface area contributed by atoms with Crippen molar-refractivity contribution in [2.75, 3.05) is 0 Å². The van der Waals surface area contributed by atoms with Crippen molar-refractivity contribution in [3.8, 4) is 0 Å². The molecule has 0 aromatic rings. The molecular weight excluding hydrogens is 148 g/mol. The molecule has 0 aromatic heterocycles. The van der Waals surface area contributed by atoms with Crippen molar-refractivity contribution < 1.29 is 0 Å². The third-order valence-corrected chi connectivity index (χ3v) is 4.73. The summed E-state index contributed by atoms with van der Waals surface area (Å²) in [6.45, 7) is 11.7. The Kier molecular flexibility index (Phi) is 2.10. The zero-order chi connectivity index (χ0) is 8.65. The van der Waals surface area contributed by atoms with Gasteiger partial charge in [-0.2, -0.15) is 0 Å². The van der Waals surface area contributed by atoms with Gasteiger partial charge in [0.15, 0.2) is 0 Å². The highest BCUT2D eigenvalue weighted by atomic mass is 28.3. The minimum absolute atomic E-state index is 0.988. The van der Waals surface area contributed by atoms with E-state index in [1.54, 1.807) is 10.8 Å². The first-order valence-electron chi connectivity index (χ1n) is 4.28. The molecule has 0 nitrogen and oxygen atoms in total. The average Bonchev–Trinajstić information content (AvgIpc) is 2.11. The third kappa shape index (κ3) is 1.83. The molecule has 1 aliphatic rings. The molecule has 0 heterocycles. The summed E-state index contributed by atoms with van der Waals surface area (Å²) in [5.74, 6) is 0. The zero-order valence-corrected chi connectivity index (χ0v) is 9.28. The highest BCUT2D eigenvalue weighted by Crippen LogP contribution is 2.30. The van der Waals surface area contributed by atoms with Crippen molar-refractivity contribution in [1.29, 1.82) is 0 Å². The Labute approximate surface area is 71.0 Å². The van der Waals surface area contributed by atoms with Crippen molar-refractivity contribution in [3.63, 3.8) is 0 Å². The van der Waals surface area contributed by atoms with Crippen LogP contribution in [0.2, 0.25) is 19.6 Å². The van der Waals surface area contributed by atoms with Crippen LogP contribution in [0.4, 0.5) is 0 Å². The second-order valence-corrected chi connectivity index (χ2v) is 9.70. The molecule has 0 unspecified atom stereocenters. The summed E-state index contributed by atoms with van der Waals surface area (Å²) < 4.78 is 0. The maximum atomic E-state index is 2.42. The lowest BCUT2D eigenvalue weighted by Crippen LogP contribution is -2.22. The monoisotopic (exact) mass is 166 g/mol. The van der Waals surface area contributed by atoms with Gasteiger partial charge in [0.25, 0.3) is 0 Å². The predicted octanol–water partition coefficient (Wildman–Crippen LogP) is 3.53. The minimum atomic E-state index is -0.988. The van der Waals surface area contributed by atoms with E-state index in [0.29, 0.717) is 0 Å². The summed E-state index contributed by atoms with van der Waals surface area (Å²) in [5.41, 5.74) is 3.07. The summed E-state index contributed by atoms with van der Waals surface area (Å²) in [7, 11) is -0.988. The molecular formula is C10H18Si. The molecule has 0 N–H and O–H groups in total. The quantitative estimate of drug-likeness (QED) is 0.523. The van der Waals surface area contributed by atoms with E-state index in [2.05, 4.69) is 39.6 Å². The fourth-order valence-corrected chi connectivity index (χ4v) is 2.79. The van der Waals surface area contributed by atoms with Crippen LogP contribution >= 0.6 is 0 Å². The Morgan fingerprint density at radius 1 is 1.18 bits per heavy atom. The summed E-state index contributed by atoms with van der Waals surface area (Å²) in [4.78, 5) is 0. The molecule has 1 heteroatoms. The topological polar surface area (TPSA) is 0 Å². The highest BCUT2D eigenvalue weighted by Gasteiger charge is 2.22. The average molecular weight is 166 g/mol. The van der Waals surface area contributed by atoms with E-state index >= 15 is 0 Å². The van der Waals surface area contributed by atoms with Crippen LogP contribution in [0.1, 0.15) is 20.3 Å². The van der Waals surface area contributed by atoms with Gasteiger partial charge in [0, 0.05) is 0 Å². The van der Waals surface area contributed by atoms with Crippen molar-refractivity contribution in [1.82, 2.24) is 0 Å². The van der Waals surface area contributed by atoms with Gasteiger partial charge < -0.3 is 0 Å². The number of hydrogen-bond acceptors (Lipinski definition) is 0. The van der Waals surface area contributed by atoms with Gasteiger partial charge >= 0.3 is 0 Å². The Morgan fingerprint density at radius 3 is 1.91 bits per heavy atom. The maximum absolute atomic E-state index is 2.42. The molecule has 0 bridgehead atoms. The molecule has 62 valence electrons. The molecule has 0 aromatic carbocycles. The SMILES string of the molecule is CC1=C(C)CC([Si](C)(C)C)=C1. The van der Waals surface area contributed by atoms with Gasteiger partial charge in [-0.15, -0.1) is 0 Å². The lowest BCUT2D eigenvalue weighted by Gasteiger charge is -2.17. The van der Waals surface area contributed by atoms with Gasteiger partial charge in [0.1, 0.15) is 0 Å². The lowest BCUT2D eigenvalue weighted by atomic mass is 10.2. The van der Waals surface area contributed by atoms with E-state index < -0.39 is 8.07 Å². The highest BCUT2D eigenvalue weighted by molar-refractivity contribution is 6.83. The van der Waals surface area contributed by atoms with E-state index in [0.717, 1.165) is 0 Å². The zero-order valence-electron chi connectivity index (χ0n) is 8.28. The van der Waals surface area contributed by atoms with Crippen LogP contribution < -0.4 is 0 Å². The first-order valence-corrected chi connectivity index (χ1v) is 7.78. The van der Waals surface area contributed by atoms with Crippen LogP contribution in [0.3, 0.4) is 0 Å². The number of rotatable bonds is 1. The molecule has 11 heavy (non-hydrogen) atoms. The number of allylic oxidation sites excluding steroid dienone is 4. The van der Waals surface area contributed by atoms with Crippen LogP contribution in [0.5, 0.6) is 0 Å². The Bertz CT molecular complexity index is 226. The summed E-state index contributed by atoms with van der Waals surface area (Å²) in [5, 5.41) is 1.72. The van der Waals surface area contributed by atoms with Gasteiger partial charge in [-0.1, -0.05) is 42.1 Å². The van der Waals surface area contributed by atoms with Crippen LogP contribution in [0.25, 0.3) is 0 Å². The molecule has 0 saturated heterocycles. The van der Waals surface area contributed by atoms with Gasteiger partial charge in [-0.3, -0.25) is 0 Å². The first-order chi connectivity index (χ1) is 4.91. The van der Waals surface area contributed by atoms with E-state index in [1.807, 2.05) is 0 Å². The smallest absolute Gasteiger partial charge is 0.0728 e. The largest absolute Gasteiger partial charge is 0.0768 e. The van der Waals surface area contributed by atoms with E-state index in [1.165, 1.54) is 12.0 Å². The first kappa shape index (κ1) is 8.79. The maximum Gasteiger partial charge on any atom is 0.0728 e. The Morgan fingerprint density at radius 2 is 1.73 bits per heavy atom. The predicted molar refractivity (Wildman–Crippen MR) is 54.4 cm³/mol. The van der Waals surface area contributed by atoms with Crippen molar-refractivity contribution in [2.45, 2.75) is 39.9 Å². The molecule has 0 amide bonds. The summed E-state index contributed by atoms with van der Waals surface area (Å²) >= 11 is 0. The van der Waals surface area contributed by atoms with Crippen LogP contribution in [-0.2, 0) is 0 Å². The van der Waals surface area contributed by atoms with Gasteiger partial charge in [-0.05, 0) is 20.3 Å². The minimum Gasteiger partial charge on any atom is -0.0768 e. The Balaban J connectivity index is 2.80. The van der Waals surface area contributed by atoms with Gasteiger partial charge in [0.05, 0.1) is 8.07 Å². The van der Waals surface area contributed by atoms with Crippen molar-refractivity contribution in [2.24, 2.45) is 0 Å². The van der Waals surface area contributed by atoms with Crippen LogP contribution in [0, 0.1) is 0 Å². The normalized spacial score (nSPS) is 19.2. The molecule has 0 spiro atoms. The standard InChI is InChI=1S/C10H18Si/c1-8-6-10(7-9(8)2)11(3,4)5/h6H,7H2,1-5H3. The molecule has 0 saturated carbocycles. The summed E-state index contributed by atoms with van der Waals surface area (Å²) in [6, 6.07) is 0. The fourth-order valence-electron chi connectivity index (χ4n) is 1.34. The molecule has 0 radical (unpaired) electrons. The molecule has 1 rings (SSSR count). The Hall–Kier alpha value is -0.303. The van der Waals surface area contributed by atoms with E-state index in [-0.39, 0.29) is 0 Å². The van der Waals surface area contributed by atoms with E-state index in [9.17, 15) is 0 Å². The van der Waals surface area contributed by atoms with Crippen molar-refractivity contribution >= 4 is 8.07 Å². The van der Waals surface area contributed by atoms with Crippen molar-refractivity contribution in [3.05, 3.63) is 22.4 Å². The second kappa shape index (κ2) is 2.63. The van der Waals surface area contributed by atoms with Crippen LogP contribution in [0.15, 0.2) is 22.4 Å². The summed E-state index contributed by atoms with van der Waals surface area (Å²) in [6.07, 6.45) is 3.66. The fraction of sp³-hybridized carbons (Fsp3) is 0.600. The number of hydrogen-bond donors (Lipinski definition) is 0. The molecule has 0 atom stereocenters. The second-order valence-electron chi connectivity index (χ2n) is 4.56. The molecule has 0 fully saturated rings. The van der Waals surface area contributed by atoms with Gasteiger partial charge in [0.2, 0.25) is 0 Å². The third-order valence-electron chi connectivity index (χ3n) is 2.48. The van der Waals surface area contributed by atoms with E-state index in [4.69, 9.17) is 0 Å². The molecule has 1 aliphatic carbocycles. The molecule has 0 aliphatic heterocycles.